The van der Waals surface area contributed by atoms with Crippen LogP contribution in [-0.2, 0) is 4.74 Å². The molecule has 0 spiro atoms. The molecule has 1 saturated heterocycles. The van der Waals surface area contributed by atoms with Gasteiger partial charge in [0.25, 0.3) is 5.91 Å². The van der Waals surface area contributed by atoms with Crippen LogP contribution in [0.1, 0.15) is 31.1 Å². The van der Waals surface area contributed by atoms with E-state index in [-0.39, 0.29) is 12.0 Å². The standard InChI is InChI=1S/C21H25N7O3/c1-21(2,3)31-20(30)27-11-9-26(10-12-27)17-13-15(6-7-22-17)19(29)25-16-5-4-8-28-18(16)23-14-24-28/h4-8,13-14H,9-12H2,1-3H3,(H,25,29). The Bertz CT molecular complexity index is 1100. The molecule has 4 heterocycles. The molecule has 1 aliphatic rings. The van der Waals surface area contributed by atoms with Gasteiger partial charge in [-0.25, -0.2) is 19.3 Å². The molecule has 0 aromatic carbocycles. The molecule has 1 fully saturated rings. The monoisotopic (exact) mass is 423 g/mol. The molecular weight excluding hydrogens is 398 g/mol. The van der Waals surface area contributed by atoms with Gasteiger partial charge < -0.3 is 19.9 Å². The highest BCUT2D eigenvalue weighted by molar-refractivity contribution is 6.06. The van der Waals surface area contributed by atoms with Gasteiger partial charge in [-0.05, 0) is 45.0 Å². The van der Waals surface area contributed by atoms with E-state index in [1.54, 1.807) is 46.1 Å². The van der Waals surface area contributed by atoms with E-state index in [0.717, 1.165) is 0 Å². The van der Waals surface area contributed by atoms with E-state index in [1.807, 2.05) is 20.8 Å². The highest BCUT2D eigenvalue weighted by Crippen LogP contribution is 2.19. The van der Waals surface area contributed by atoms with E-state index < -0.39 is 5.60 Å². The van der Waals surface area contributed by atoms with E-state index in [9.17, 15) is 9.59 Å². The Hall–Kier alpha value is -3.69. The van der Waals surface area contributed by atoms with Crippen molar-refractivity contribution in [3.05, 3.63) is 48.5 Å². The Morgan fingerprint density at radius 3 is 2.61 bits per heavy atom. The molecule has 3 aromatic rings. The number of carbonyl (C=O) groups is 2. The van der Waals surface area contributed by atoms with Crippen LogP contribution in [0.2, 0.25) is 0 Å². The lowest BCUT2D eigenvalue weighted by molar-refractivity contribution is 0.0240. The third-order valence-electron chi connectivity index (χ3n) is 4.82. The summed E-state index contributed by atoms with van der Waals surface area (Å²) in [6.45, 7) is 7.83. The second kappa shape index (κ2) is 8.21. The van der Waals surface area contributed by atoms with E-state index in [0.29, 0.717) is 48.9 Å². The molecule has 1 N–H and O–H groups in total. The number of rotatable bonds is 3. The van der Waals surface area contributed by atoms with Crippen LogP contribution in [-0.4, -0.2) is 68.3 Å². The number of piperazine rings is 1. The van der Waals surface area contributed by atoms with Gasteiger partial charge in [0.2, 0.25) is 0 Å². The summed E-state index contributed by atoms with van der Waals surface area (Å²) in [7, 11) is 0. The quantitative estimate of drug-likeness (QED) is 0.690. The summed E-state index contributed by atoms with van der Waals surface area (Å²) in [5, 5.41) is 6.96. The van der Waals surface area contributed by atoms with E-state index in [2.05, 4.69) is 25.3 Å². The highest BCUT2D eigenvalue weighted by Gasteiger charge is 2.26. The molecule has 1 aliphatic heterocycles. The van der Waals surface area contributed by atoms with Gasteiger partial charge in [0.05, 0.1) is 5.69 Å². The van der Waals surface area contributed by atoms with Gasteiger partial charge in [0, 0.05) is 44.1 Å². The summed E-state index contributed by atoms with van der Waals surface area (Å²) in [4.78, 5) is 37.4. The molecule has 162 valence electrons. The Balaban J connectivity index is 1.41. The molecule has 0 atom stereocenters. The Kier molecular flexibility index (Phi) is 5.45. The first-order chi connectivity index (χ1) is 14.8. The molecule has 4 rings (SSSR count). The number of anilines is 2. The lowest BCUT2D eigenvalue weighted by Crippen LogP contribution is -2.50. The van der Waals surface area contributed by atoms with Crippen LogP contribution in [0.15, 0.2) is 43.0 Å². The molecule has 0 unspecified atom stereocenters. The number of aromatic nitrogens is 4. The summed E-state index contributed by atoms with van der Waals surface area (Å²) in [6.07, 6.45) is 4.50. The predicted molar refractivity (Wildman–Crippen MR) is 115 cm³/mol. The largest absolute Gasteiger partial charge is 0.444 e. The summed E-state index contributed by atoms with van der Waals surface area (Å²) < 4.78 is 7.03. The van der Waals surface area contributed by atoms with Crippen LogP contribution in [0.3, 0.4) is 0 Å². The normalized spacial score (nSPS) is 14.5. The van der Waals surface area contributed by atoms with Crippen molar-refractivity contribution in [2.24, 2.45) is 0 Å². The first kappa shape index (κ1) is 20.6. The van der Waals surface area contributed by atoms with Crippen molar-refractivity contribution in [3.8, 4) is 0 Å². The van der Waals surface area contributed by atoms with E-state index in [4.69, 9.17) is 4.74 Å². The molecule has 31 heavy (non-hydrogen) atoms. The van der Waals surface area contributed by atoms with Crippen LogP contribution in [0.4, 0.5) is 16.3 Å². The summed E-state index contributed by atoms with van der Waals surface area (Å²) in [6, 6.07) is 6.99. The molecule has 2 amide bonds. The average molecular weight is 423 g/mol. The highest BCUT2D eigenvalue weighted by atomic mass is 16.6. The van der Waals surface area contributed by atoms with Crippen LogP contribution in [0, 0.1) is 0 Å². The number of fused-ring (bicyclic) bond motifs is 1. The van der Waals surface area contributed by atoms with Gasteiger partial charge in [-0.15, -0.1) is 0 Å². The fourth-order valence-electron chi connectivity index (χ4n) is 3.32. The number of ether oxygens (including phenoxy) is 1. The molecule has 0 saturated carbocycles. The fourth-order valence-corrected chi connectivity index (χ4v) is 3.32. The summed E-state index contributed by atoms with van der Waals surface area (Å²) in [5.41, 5.74) is 1.12. The number of nitrogens with zero attached hydrogens (tertiary/aromatic N) is 6. The molecule has 10 heteroatoms. The van der Waals surface area contributed by atoms with Crippen molar-refractivity contribution < 1.29 is 14.3 Å². The van der Waals surface area contributed by atoms with E-state index in [1.165, 1.54) is 6.33 Å². The number of pyridine rings is 2. The molecule has 0 bridgehead atoms. The lowest BCUT2D eigenvalue weighted by atomic mass is 10.2. The molecule has 0 aliphatic carbocycles. The zero-order valence-electron chi connectivity index (χ0n) is 17.8. The Labute approximate surface area is 179 Å². The number of amides is 2. The topological polar surface area (TPSA) is 105 Å². The van der Waals surface area contributed by atoms with Gasteiger partial charge >= 0.3 is 6.09 Å². The zero-order chi connectivity index (χ0) is 22.0. The van der Waals surface area contributed by atoms with Gasteiger partial charge in [0.1, 0.15) is 17.7 Å². The van der Waals surface area contributed by atoms with Crippen molar-refractivity contribution in [3.63, 3.8) is 0 Å². The lowest BCUT2D eigenvalue weighted by Gasteiger charge is -2.36. The zero-order valence-corrected chi connectivity index (χ0v) is 17.8. The predicted octanol–water partition coefficient (Wildman–Crippen LogP) is 2.43. The SMILES string of the molecule is CC(C)(C)OC(=O)N1CCN(c2cc(C(=O)Nc3cccn4ncnc34)ccn2)CC1. The minimum atomic E-state index is -0.520. The van der Waals surface area contributed by atoms with Crippen molar-refractivity contribution in [2.75, 3.05) is 36.4 Å². The minimum absolute atomic E-state index is 0.257. The second-order valence-electron chi connectivity index (χ2n) is 8.26. The Morgan fingerprint density at radius 1 is 1.10 bits per heavy atom. The molecule has 10 nitrogen and oxygen atoms in total. The van der Waals surface area contributed by atoms with Crippen molar-refractivity contribution >= 4 is 29.2 Å². The molecule has 3 aromatic heterocycles. The smallest absolute Gasteiger partial charge is 0.410 e. The maximum Gasteiger partial charge on any atom is 0.410 e. The first-order valence-electron chi connectivity index (χ1n) is 10.1. The molecule has 0 radical (unpaired) electrons. The first-order valence-corrected chi connectivity index (χ1v) is 10.1. The van der Waals surface area contributed by atoms with Crippen molar-refractivity contribution in [1.29, 1.82) is 0 Å². The third-order valence-corrected chi connectivity index (χ3v) is 4.82. The maximum atomic E-state index is 12.8. The van der Waals surface area contributed by atoms with Crippen LogP contribution < -0.4 is 10.2 Å². The van der Waals surface area contributed by atoms with Crippen LogP contribution in [0.5, 0.6) is 0 Å². The number of hydrogen-bond donors (Lipinski definition) is 1. The average Bonchev–Trinajstić information content (AvgIpc) is 3.23. The number of hydrogen-bond acceptors (Lipinski definition) is 7. The second-order valence-corrected chi connectivity index (χ2v) is 8.26. The number of carbonyl (C=O) groups excluding carboxylic acids is 2. The van der Waals surface area contributed by atoms with Crippen molar-refractivity contribution in [2.45, 2.75) is 26.4 Å². The maximum absolute atomic E-state index is 12.8. The van der Waals surface area contributed by atoms with Gasteiger partial charge in [0.15, 0.2) is 5.65 Å². The van der Waals surface area contributed by atoms with Gasteiger partial charge in [-0.2, -0.15) is 5.10 Å². The van der Waals surface area contributed by atoms with E-state index >= 15 is 0 Å². The summed E-state index contributed by atoms with van der Waals surface area (Å²) in [5.74, 6) is 0.435. The van der Waals surface area contributed by atoms with Crippen molar-refractivity contribution in [1.82, 2.24) is 24.5 Å². The summed E-state index contributed by atoms with van der Waals surface area (Å²) >= 11 is 0. The Morgan fingerprint density at radius 2 is 1.87 bits per heavy atom. The van der Waals surface area contributed by atoms with Gasteiger partial charge in [-0.3, -0.25) is 4.79 Å². The van der Waals surface area contributed by atoms with Gasteiger partial charge in [-0.1, -0.05) is 0 Å². The molecular formula is C21H25N7O3. The number of nitrogens with one attached hydrogen (secondary N) is 1. The minimum Gasteiger partial charge on any atom is -0.444 e. The third kappa shape index (κ3) is 4.73. The van der Waals surface area contributed by atoms with Crippen LogP contribution in [0.25, 0.3) is 5.65 Å². The fraction of sp³-hybridized carbons (Fsp3) is 0.381. The van der Waals surface area contributed by atoms with Crippen LogP contribution >= 0.6 is 0 Å².